The first-order chi connectivity index (χ1) is 11.0. The number of aromatic carboxylic acids is 1. The molecule has 0 fully saturated rings. The number of fused-ring (bicyclic) bond motifs is 1. The van der Waals surface area contributed by atoms with Crippen LogP contribution >= 0.6 is 0 Å². The zero-order chi connectivity index (χ0) is 16.6. The molecule has 1 unspecified atom stereocenters. The van der Waals surface area contributed by atoms with E-state index < -0.39 is 12.1 Å². The maximum atomic E-state index is 12.5. The largest absolute Gasteiger partial charge is 0.478 e. The van der Waals surface area contributed by atoms with Crippen molar-refractivity contribution in [1.82, 2.24) is 4.98 Å². The molecule has 3 N–H and O–H groups in total. The van der Waals surface area contributed by atoms with Crippen LogP contribution in [-0.2, 0) is 11.3 Å². The number of rotatable bonds is 3. The molecule has 1 aromatic carbocycles. The Morgan fingerprint density at radius 1 is 1.35 bits per heavy atom. The highest BCUT2D eigenvalue weighted by Gasteiger charge is 2.33. The lowest BCUT2D eigenvalue weighted by Gasteiger charge is -2.32. The highest BCUT2D eigenvalue weighted by atomic mass is 16.5. The van der Waals surface area contributed by atoms with Gasteiger partial charge < -0.3 is 15.6 Å². The summed E-state index contributed by atoms with van der Waals surface area (Å²) in [6.45, 7) is 1.72. The second-order valence-corrected chi connectivity index (χ2v) is 5.20. The predicted octanol–water partition coefficient (Wildman–Crippen LogP) is 1.68. The minimum absolute atomic E-state index is 0.0818. The van der Waals surface area contributed by atoms with Gasteiger partial charge >= 0.3 is 5.97 Å². The SMILES string of the molecule is CC1Oc2ccc(N)nc2N(Cc2ccccc2C(=O)O)C1=O. The van der Waals surface area contributed by atoms with E-state index >= 15 is 0 Å². The van der Waals surface area contributed by atoms with E-state index in [1.54, 1.807) is 37.3 Å². The van der Waals surface area contributed by atoms with E-state index in [0.29, 0.717) is 17.1 Å². The van der Waals surface area contributed by atoms with Crippen LogP contribution < -0.4 is 15.4 Å². The molecule has 1 aromatic heterocycles. The molecular weight excluding hydrogens is 298 g/mol. The van der Waals surface area contributed by atoms with Gasteiger partial charge in [0.15, 0.2) is 17.7 Å². The number of aromatic nitrogens is 1. The molecule has 1 amide bonds. The molecular formula is C16H15N3O4. The Bertz CT molecular complexity index is 791. The summed E-state index contributed by atoms with van der Waals surface area (Å²) in [6, 6.07) is 9.77. The summed E-state index contributed by atoms with van der Waals surface area (Å²) in [4.78, 5) is 29.4. The van der Waals surface area contributed by atoms with E-state index in [9.17, 15) is 14.7 Å². The zero-order valence-electron chi connectivity index (χ0n) is 12.4. The van der Waals surface area contributed by atoms with E-state index in [1.165, 1.54) is 11.0 Å². The number of nitrogens with two attached hydrogens (primary N) is 1. The van der Waals surface area contributed by atoms with Crippen LogP contribution in [0.15, 0.2) is 36.4 Å². The first-order valence-corrected chi connectivity index (χ1v) is 7.03. The quantitative estimate of drug-likeness (QED) is 0.893. The van der Waals surface area contributed by atoms with Crippen LogP contribution in [0.2, 0.25) is 0 Å². The summed E-state index contributed by atoms with van der Waals surface area (Å²) in [7, 11) is 0. The molecule has 1 atom stereocenters. The number of benzene rings is 1. The molecule has 7 nitrogen and oxygen atoms in total. The van der Waals surface area contributed by atoms with Crippen molar-refractivity contribution in [3.8, 4) is 5.75 Å². The molecule has 0 radical (unpaired) electrons. The lowest BCUT2D eigenvalue weighted by molar-refractivity contribution is -0.125. The van der Waals surface area contributed by atoms with Crippen LogP contribution in [0.4, 0.5) is 11.6 Å². The molecule has 0 saturated carbocycles. The Morgan fingerprint density at radius 2 is 2.09 bits per heavy atom. The second-order valence-electron chi connectivity index (χ2n) is 5.20. The highest BCUT2D eigenvalue weighted by molar-refractivity contribution is 5.99. The van der Waals surface area contributed by atoms with Crippen LogP contribution in [-0.4, -0.2) is 28.1 Å². The Labute approximate surface area is 132 Å². The number of amides is 1. The van der Waals surface area contributed by atoms with Crippen molar-refractivity contribution in [2.75, 3.05) is 10.6 Å². The molecule has 0 saturated heterocycles. The number of carbonyl (C=O) groups is 2. The van der Waals surface area contributed by atoms with Crippen molar-refractivity contribution >= 4 is 23.5 Å². The first kappa shape index (κ1) is 14.8. The molecule has 1 aliphatic rings. The van der Waals surface area contributed by atoms with Crippen molar-refractivity contribution < 1.29 is 19.4 Å². The average molecular weight is 313 g/mol. The fraction of sp³-hybridized carbons (Fsp3) is 0.188. The number of nitrogens with zero attached hydrogens (tertiary/aromatic N) is 2. The van der Waals surface area contributed by atoms with E-state index in [4.69, 9.17) is 10.5 Å². The summed E-state index contributed by atoms with van der Waals surface area (Å²) < 4.78 is 5.52. The van der Waals surface area contributed by atoms with Gasteiger partial charge in [-0.25, -0.2) is 9.78 Å². The van der Waals surface area contributed by atoms with E-state index in [0.717, 1.165) is 0 Å². The maximum Gasteiger partial charge on any atom is 0.336 e. The summed E-state index contributed by atoms with van der Waals surface area (Å²) in [5, 5.41) is 9.29. The third-order valence-electron chi connectivity index (χ3n) is 3.61. The van der Waals surface area contributed by atoms with Gasteiger partial charge in [0.05, 0.1) is 12.1 Å². The van der Waals surface area contributed by atoms with Gasteiger partial charge in [-0.3, -0.25) is 9.69 Å². The third kappa shape index (κ3) is 2.68. The third-order valence-corrected chi connectivity index (χ3v) is 3.61. The number of nitrogen functional groups attached to an aromatic ring is 1. The van der Waals surface area contributed by atoms with Crippen LogP contribution in [0.25, 0.3) is 0 Å². The summed E-state index contributed by atoms with van der Waals surface area (Å²) in [6.07, 6.45) is -0.676. The molecule has 0 spiro atoms. The van der Waals surface area contributed by atoms with Gasteiger partial charge in [-0.1, -0.05) is 18.2 Å². The zero-order valence-corrected chi connectivity index (χ0v) is 12.4. The molecule has 7 heteroatoms. The molecule has 3 rings (SSSR count). The Morgan fingerprint density at radius 3 is 2.83 bits per heavy atom. The van der Waals surface area contributed by atoms with E-state index in [-0.39, 0.29) is 23.8 Å². The molecule has 118 valence electrons. The van der Waals surface area contributed by atoms with Crippen LogP contribution in [0.1, 0.15) is 22.8 Å². The molecule has 0 aliphatic carbocycles. The smallest absolute Gasteiger partial charge is 0.336 e. The van der Waals surface area contributed by atoms with Gasteiger partial charge in [0.2, 0.25) is 0 Å². The average Bonchev–Trinajstić information content (AvgIpc) is 2.53. The van der Waals surface area contributed by atoms with Gasteiger partial charge in [0.25, 0.3) is 5.91 Å². The van der Waals surface area contributed by atoms with Crippen LogP contribution in [0.5, 0.6) is 5.75 Å². The number of anilines is 2. The van der Waals surface area contributed by atoms with Crippen molar-refractivity contribution in [3.05, 3.63) is 47.5 Å². The van der Waals surface area contributed by atoms with Gasteiger partial charge in [0.1, 0.15) is 5.82 Å². The van der Waals surface area contributed by atoms with E-state index in [2.05, 4.69) is 4.98 Å². The number of hydrogen-bond acceptors (Lipinski definition) is 5. The number of ether oxygens (including phenoxy) is 1. The van der Waals surface area contributed by atoms with Gasteiger partial charge in [-0.05, 0) is 30.7 Å². The summed E-state index contributed by atoms with van der Waals surface area (Å²) in [5.41, 5.74) is 6.35. The van der Waals surface area contributed by atoms with Crippen LogP contribution in [0.3, 0.4) is 0 Å². The minimum atomic E-state index is -1.05. The maximum absolute atomic E-state index is 12.5. The lowest BCUT2D eigenvalue weighted by atomic mass is 10.1. The van der Waals surface area contributed by atoms with Crippen molar-refractivity contribution in [1.29, 1.82) is 0 Å². The number of pyridine rings is 1. The Balaban J connectivity index is 2.04. The number of carboxylic acids is 1. The molecule has 2 heterocycles. The van der Waals surface area contributed by atoms with Crippen molar-refractivity contribution in [2.45, 2.75) is 19.6 Å². The van der Waals surface area contributed by atoms with Gasteiger partial charge in [-0.15, -0.1) is 0 Å². The summed E-state index contributed by atoms with van der Waals surface area (Å²) in [5.74, 6) is -0.343. The second kappa shape index (κ2) is 5.60. The molecule has 1 aliphatic heterocycles. The first-order valence-electron chi connectivity index (χ1n) is 7.03. The van der Waals surface area contributed by atoms with E-state index in [1.807, 2.05) is 0 Å². The predicted molar refractivity (Wildman–Crippen MR) is 83.3 cm³/mol. The highest BCUT2D eigenvalue weighted by Crippen LogP contribution is 2.34. The van der Waals surface area contributed by atoms with Crippen LogP contribution in [0, 0.1) is 0 Å². The molecule has 2 aromatic rings. The van der Waals surface area contributed by atoms with Crippen molar-refractivity contribution in [2.24, 2.45) is 0 Å². The van der Waals surface area contributed by atoms with Gasteiger partial charge in [0, 0.05) is 0 Å². The topological polar surface area (TPSA) is 106 Å². The van der Waals surface area contributed by atoms with Gasteiger partial charge in [-0.2, -0.15) is 0 Å². The summed E-state index contributed by atoms with van der Waals surface area (Å²) >= 11 is 0. The number of hydrogen-bond donors (Lipinski definition) is 2. The fourth-order valence-corrected chi connectivity index (χ4v) is 2.49. The number of carbonyl (C=O) groups excluding carboxylic acids is 1. The number of carboxylic acid groups (broad SMARTS) is 1. The standard InChI is InChI=1S/C16H15N3O4/c1-9-15(20)19(14-12(23-9)6-7-13(17)18-14)8-10-4-2-3-5-11(10)16(21)22/h2-7,9H,8H2,1H3,(H2,17,18)(H,21,22). The Hall–Kier alpha value is -3.09. The molecule has 0 bridgehead atoms. The minimum Gasteiger partial charge on any atom is -0.478 e. The normalized spacial score (nSPS) is 16.7. The van der Waals surface area contributed by atoms with Crippen molar-refractivity contribution in [3.63, 3.8) is 0 Å². The Kier molecular flexibility index (Phi) is 3.61. The molecule has 23 heavy (non-hydrogen) atoms. The monoisotopic (exact) mass is 313 g/mol. The lowest BCUT2D eigenvalue weighted by Crippen LogP contribution is -2.44. The fourth-order valence-electron chi connectivity index (χ4n) is 2.49.